The Morgan fingerprint density at radius 3 is 2.92 bits per heavy atom. The second-order valence-electron chi connectivity index (χ2n) is 2.98. The fourth-order valence-corrected chi connectivity index (χ4v) is 1.36. The highest BCUT2D eigenvalue weighted by Gasteiger charge is 2.24. The Kier molecular flexibility index (Phi) is 2.31. The standard InChI is InChI=1S/C9H8BrNO2/c10-9-6(5-12)3-11-4-8(9)13-7-1-2-7/h3-5,7H,1-2H2. The molecule has 13 heavy (non-hydrogen) atoms. The molecule has 1 fully saturated rings. The number of carbonyl (C=O) groups is 1. The van der Waals surface area contributed by atoms with E-state index in [-0.39, 0.29) is 0 Å². The first-order chi connectivity index (χ1) is 6.31. The van der Waals surface area contributed by atoms with Crippen LogP contribution in [0.15, 0.2) is 16.9 Å². The van der Waals surface area contributed by atoms with Gasteiger partial charge in [0.05, 0.1) is 22.3 Å². The van der Waals surface area contributed by atoms with Gasteiger partial charge in [0, 0.05) is 6.20 Å². The van der Waals surface area contributed by atoms with Crippen molar-refractivity contribution in [3.05, 3.63) is 22.4 Å². The lowest BCUT2D eigenvalue weighted by Crippen LogP contribution is -1.98. The van der Waals surface area contributed by atoms with Crippen LogP contribution in [0.3, 0.4) is 0 Å². The molecule has 0 radical (unpaired) electrons. The minimum atomic E-state index is 0.319. The molecule has 0 aromatic carbocycles. The summed E-state index contributed by atoms with van der Waals surface area (Å²) in [6.45, 7) is 0. The van der Waals surface area contributed by atoms with E-state index in [4.69, 9.17) is 4.74 Å². The van der Waals surface area contributed by atoms with Gasteiger partial charge in [-0.25, -0.2) is 0 Å². The Labute approximate surface area is 84.2 Å². The highest BCUT2D eigenvalue weighted by Crippen LogP contribution is 2.32. The highest BCUT2D eigenvalue weighted by molar-refractivity contribution is 9.10. The van der Waals surface area contributed by atoms with Crippen LogP contribution in [0.25, 0.3) is 0 Å². The molecule has 68 valence electrons. The van der Waals surface area contributed by atoms with Gasteiger partial charge in [-0.15, -0.1) is 0 Å². The van der Waals surface area contributed by atoms with Crippen molar-refractivity contribution in [2.24, 2.45) is 0 Å². The first-order valence-electron chi connectivity index (χ1n) is 4.06. The van der Waals surface area contributed by atoms with Crippen LogP contribution < -0.4 is 4.74 Å². The summed E-state index contributed by atoms with van der Waals surface area (Å²) in [5.74, 6) is 0.659. The molecule has 2 rings (SSSR count). The second kappa shape index (κ2) is 3.46. The van der Waals surface area contributed by atoms with Crippen molar-refractivity contribution >= 4 is 22.2 Å². The molecule has 1 aromatic heterocycles. The molecule has 1 heterocycles. The Balaban J connectivity index is 2.27. The number of hydrogen-bond acceptors (Lipinski definition) is 3. The molecule has 0 unspecified atom stereocenters. The Hall–Kier alpha value is -0.900. The van der Waals surface area contributed by atoms with Crippen molar-refractivity contribution in [1.82, 2.24) is 4.98 Å². The van der Waals surface area contributed by atoms with Crippen LogP contribution in [0.1, 0.15) is 23.2 Å². The lowest BCUT2D eigenvalue weighted by molar-refractivity contribution is 0.112. The van der Waals surface area contributed by atoms with E-state index in [9.17, 15) is 4.79 Å². The SMILES string of the molecule is O=Cc1cncc(OC2CC2)c1Br. The zero-order chi connectivity index (χ0) is 9.26. The number of aldehydes is 1. The molecule has 0 bridgehead atoms. The molecule has 0 atom stereocenters. The molecule has 4 heteroatoms. The predicted octanol–water partition coefficient (Wildman–Crippen LogP) is 2.20. The Bertz CT molecular complexity index is 336. The summed E-state index contributed by atoms with van der Waals surface area (Å²) >= 11 is 3.30. The van der Waals surface area contributed by atoms with Crippen molar-refractivity contribution in [3.8, 4) is 5.75 Å². The van der Waals surface area contributed by atoms with Gasteiger partial charge in [-0.3, -0.25) is 9.78 Å². The summed E-state index contributed by atoms with van der Waals surface area (Å²) in [6.07, 6.45) is 6.40. The molecule has 1 aromatic rings. The van der Waals surface area contributed by atoms with E-state index in [1.165, 1.54) is 6.20 Å². The summed E-state index contributed by atoms with van der Waals surface area (Å²) in [7, 11) is 0. The molecule has 1 aliphatic rings. The summed E-state index contributed by atoms with van der Waals surface area (Å²) in [5.41, 5.74) is 0.526. The van der Waals surface area contributed by atoms with E-state index in [0.717, 1.165) is 19.1 Å². The van der Waals surface area contributed by atoms with Crippen LogP contribution in [0.2, 0.25) is 0 Å². The van der Waals surface area contributed by atoms with Crippen LogP contribution in [0.4, 0.5) is 0 Å². The average molecular weight is 242 g/mol. The van der Waals surface area contributed by atoms with E-state index in [2.05, 4.69) is 20.9 Å². The summed E-state index contributed by atoms with van der Waals surface area (Å²) in [4.78, 5) is 14.5. The fourth-order valence-electron chi connectivity index (χ4n) is 0.971. The smallest absolute Gasteiger partial charge is 0.152 e. The first-order valence-corrected chi connectivity index (χ1v) is 4.86. The third-order valence-corrected chi connectivity index (χ3v) is 2.67. The Morgan fingerprint density at radius 2 is 2.31 bits per heavy atom. The van der Waals surface area contributed by atoms with Crippen LogP contribution in [0, 0.1) is 0 Å². The van der Waals surface area contributed by atoms with E-state index < -0.39 is 0 Å². The molecule has 0 amide bonds. The zero-order valence-electron chi connectivity index (χ0n) is 6.87. The van der Waals surface area contributed by atoms with Crippen LogP contribution in [-0.4, -0.2) is 17.4 Å². The number of aromatic nitrogens is 1. The maximum absolute atomic E-state index is 10.6. The van der Waals surface area contributed by atoms with Crippen LogP contribution in [-0.2, 0) is 0 Å². The van der Waals surface area contributed by atoms with Gasteiger partial charge in [0.1, 0.15) is 0 Å². The molecule has 0 N–H and O–H groups in total. The van der Waals surface area contributed by atoms with Gasteiger partial charge in [0.15, 0.2) is 12.0 Å². The van der Waals surface area contributed by atoms with Gasteiger partial charge in [0.25, 0.3) is 0 Å². The summed E-state index contributed by atoms with van der Waals surface area (Å²) < 4.78 is 6.23. The number of pyridine rings is 1. The minimum absolute atomic E-state index is 0.319. The van der Waals surface area contributed by atoms with E-state index in [0.29, 0.717) is 21.9 Å². The lowest BCUT2D eigenvalue weighted by Gasteiger charge is -2.06. The van der Waals surface area contributed by atoms with Gasteiger partial charge in [0.2, 0.25) is 0 Å². The second-order valence-corrected chi connectivity index (χ2v) is 3.77. The van der Waals surface area contributed by atoms with Gasteiger partial charge >= 0.3 is 0 Å². The van der Waals surface area contributed by atoms with Gasteiger partial charge in [-0.05, 0) is 28.8 Å². The topological polar surface area (TPSA) is 39.2 Å². The molecule has 0 saturated heterocycles. The third kappa shape index (κ3) is 1.88. The molecular weight excluding hydrogens is 234 g/mol. The Morgan fingerprint density at radius 1 is 1.54 bits per heavy atom. The number of hydrogen-bond donors (Lipinski definition) is 0. The number of ether oxygens (including phenoxy) is 1. The maximum atomic E-state index is 10.6. The highest BCUT2D eigenvalue weighted by atomic mass is 79.9. The van der Waals surface area contributed by atoms with Gasteiger partial charge < -0.3 is 4.74 Å². The molecule has 0 spiro atoms. The number of carbonyl (C=O) groups excluding carboxylic acids is 1. The molecule has 1 aliphatic carbocycles. The monoisotopic (exact) mass is 241 g/mol. The largest absolute Gasteiger partial charge is 0.488 e. The molecule has 3 nitrogen and oxygen atoms in total. The zero-order valence-corrected chi connectivity index (χ0v) is 8.45. The van der Waals surface area contributed by atoms with E-state index in [1.807, 2.05) is 0 Å². The number of rotatable bonds is 3. The van der Waals surface area contributed by atoms with Crippen molar-refractivity contribution < 1.29 is 9.53 Å². The quantitative estimate of drug-likeness (QED) is 0.762. The molecular formula is C9H8BrNO2. The lowest BCUT2D eigenvalue weighted by atomic mass is 10.3. The normalized spacial score (nSPS) is 15.5. The van der Waals surface area contributed by atoms with Crippen molar-refractivity contribution in [1.29, 1.82) is 0 Å². The number of nitrogens with zero attached hydrogens (tertiary/aromatic N) is 1. The molecule has 0 aliphatic heterocycles. The number of halogens is 1. The summed E-state index contributed by atoms with van der Waals surface area (Å²) in [6, 6.07) is 0. The van der Waals surface area contributed by atoms with Crippen LogP contribution >= 0.6 is 15.9 Å². The fraction of sp³-hybridized carbons (Fsp3) is 0.333. The van der Waals surface area contributed by atoms with Gasteiger partial charge in [-0.1, -0.05) is 0 Å². The van der Waals surface area contributed by atoms with Crippen molar-refractivity contribution in [2.45, 2.75) is 18.9 Å². The van der Waals surface area contributed by atoms with Crippen molar-refractivity contribution in [3.63, 3.8) is 0 Å². The minimum Gasteiger partial charge on any atom is -0.488 e. The van der Waals surface area contributed by atoms with Gasteiger partial charge in [-0.2, -0.15) is 0 Å². The first kappa shape index (κ1) is 8.69. The third-order valence-electron chi connectivity index (χ3n) is 1.82. The van der Waals surface area contributed by atoms with E-state index in [1.54, 1.807) is 6.20 Å². The average Bonchev–Trinajstić information content (AvgIpc) is 2.92. The predicted molar refractivity (Wildman–Crippen MR) is 51.0 cm³/mol. The maximum Gasteiger partial charge on any atom is 0.152 e. The van der Waals surface area contributed by atoms with Crippen LogP contribution in [0.5, 0.6) is 5.75 Å². The summed E-state index contributed by atoms with van der Waals surface area (Å²) in [5, 5.41) is 0. The van der Waals surface area contributed by atoms with Crippen molar-refractivity contribution in [2.75, 3.05) is 0 Å². The molecule has 1 saturated carbocycles. The van der Waals surface area contributed by atoms with E-state index >= 15 is 0 Å².